The van der Waals surface area contributed by atoms with E-state index in [-0.39, 0.29) is 5.97 Å². The molecule has 14 heavy (non-hydrogen) atoms. The van der Waals surface area contributed by atoms with Crippen LogP contribution in [0.5, 0.6) is 5.75 Å². The molecule has 0 aliphatic carbocycles. The maximum atomic E-state index is 11.3. The highest BCUT2D eigenvalue weighted by molar-refractivity contribution is 6.18. The molecule has 0 fully saturated rings. The highest BCUT2D eigenvalue weighted by Crippen LogP contribution is 2.28. The molecular weight excluding hydrogens is 180 g/mol. The molecule has 0 amide bonds. The Morgan fingerprint density at radius 1 is 1.36 bits per heavy atom. The summed E-state index contributed by atoms with van der Waals surface area (Å²) < 4.78 is 9.99. The fourth-order valence-electron chi connectivity index (χ4n) is 1.45. The Balaban J connectivity index is 2.45. The molecule has 3 heteroatoms. The first kappa shape index (κ1) is 8.81. The van der Waals surface area contributed by atoms with Crippen LogP contribution in [-0.4, -0.2) is 19.7 Å². The van der Waals surface area contributed by atoms with Gasteiger partial charge in [0.05, 0.1) is 12.7 Å². The Morgan fingerprint density at radius 3 is 2.79 bits per heavy atom. The van der Waals surface area contributed by atoms with E-state index in [1.807, 2.05) is 24.3 Å². The lowest BCUT2D eigenvalue weighted by Crippen LogP contribution is -2.00. The molecule has 1 aromatic carbocycles. The summed E-state index contributed by atoms with van der Waals surface area (Å²) in [5, 5.41) is 0. The normalized spacial score (nSPS) is 14.9. The number of benzene rings is 1. The summed E-state index contributed by atoms with van der Waals surface area (Å²) in [6.45, 7) is 0.353. The van der Waals surface area contributed by atoms with Crippen LogP contribution >= 0.6 is 0 Å². The lowest BCUT2D eigenvalue weighted by molar-refractivity contribution is -0.133. The van der Waals surface area contributed by atoms with Crippen molar-refractivity contribution in [2.45, 2.75) is 0 Å². The number of para-hydroxylation sites is 1. The minimum absolute atomic E-state index is 0.283. The van der Waals surface area contributed by atoms with Gasteiger partial charge in [-0.3, -0.25) is 0 Å². The highest BCUT2D eigenvalue weighted by Gasteiger charge is 2.20. The molecule has 72 valence electrons. The number of methoxy groups -OCH3 is 1. The summed E-state index contributed by atoms with van der Waals surface area (Å²) in [6, 6.07) is 7.40. The predicted octanol–water partition coefficient (Wildman–Crippen LogP) is 1.64. The van der Waals surface area contributed by atoms with Gasteiger partial charge in [0.25, 0.3) is 0 Å². The number of cyclic esters (lactones) is 1. The van der Waals surface area contributed by atoms with E-state index in [2.05, 4.69) is 0 Å². The maximum absolute atomic E-state index is 11.3. The van der Waals surface area contributed by atoms with Crippen LogP contribution in [0.2, 0.25) is 0 Å². The fourth-order valence-corrected chi connectivity index (χ4v) is 1.45. The van der Waals surface area contributed by atoms with Gasteiger partial charge in [0, 0.05) is 5.56 Å². The average Bonchev–Trinajstić information content (AvgIpc) is 2.64. The van der Waals surface area contributed by atoms with E-state index >= 15 is 0 Å². The summed E-state index contributed by atoms with van der Waals surface area (Å²) in [5.41, 5.74) is 1.37. The largest absolute Gasteiger partial charge is 0.496 e. The average molecular weight is 190 g/mol. The number of hydrogen-bond donors (Lipinski definition) is 0. The quantitative estimate of drug-likeness (QED) is 0.665. The van der Waals surface area contributed by atoms with E-state index in [0.717, 1.165) is 5.56 Å². The first-order valence-electron chi connectivity index (χ1n) is 4.33. The van der Waals surface area contributed by atoms with E-state index in [9.17, 15) is 4.79 Å². The van der Waals surface area contributed by atoms with Gasteiger partial charge in [0.2, 0.25) is 0 Å². The molecule has 0 spiro atoms. The number of ether oxygens (including phenoxy) is 2. The first-order valence-corrected chi connectivity index (χ1v) is 4.33. The van der Waals surface area contributed by atoms with Crippen molar-refractivity contribution in [3.63, 3.8) is 0 Å². The van der Waals surface area contributed by atoms with Crippen molar-refractivity contribution in [2.75, 3.05) is 13.7 Å². The van der Waals surface area contributed by atoms with E-state index < -0.39 is 0 Å². The van der Waals surface area contributed by atoms with Crippen LogP contribution in [0.15, 0.2) is 30.3 Å². The van der Waals surface area contributed by atoms with Crippen LogP contribution in [0.3, 0.4) is 0 Å². The number of rotatable bonds is 2. The molecule has 1 aliphatic heterocycles. The minimum atomic E-state index is -0.283. The third kappa shape index (κ3) is 1.37. The van der Waals surface area contributed by atoms with E-state index in [1.165, 1.54) is 0 Å². The number of carbonyl (C=O) groups is 1. The predicted molar refractivity (Wildman–Crippen MR) is 51.9 cm³/mol. The topological polar surface area (TPSA) is 35.5 Å². The molecule has 3 nitrogen and oxygen atoms in total. The SMILES string of the molecule is COc1ccccc1C1=CCOC1=O. The zero-order chi connectivity index (χ0) is 9.97. The Hall–Kier alpha value is -1.77. The molecule has 1 aliphatic rings. The van der Waals surface area contributed by atoms with Crippen LogP contribution in [0.4, 0.5) is 0 Å². The zero-order valence-corrected chi connectivity index (χ0v) is 7.82. The van der Waals surface area contributed by atoms with Crippen molar-refractivity contribution in [2.24, 2.45) is 0 Å². The molecular formula is C11H10O3. The second kappa shape index (κ2) is 3.54. The highest BCUT2D eigenvalue weighted by atomic mass is 16.5. The van der Waals surface area contributed by atoms with Crippen molar-refractivity contribution in [1.82, 2.24) is 0 Å². The van der Waals surface area contributed by atoms with Gasteiger partial charge in [-0.1, -0.05) is 18.2 Å². The Morgan fingerprint density at radius 2 is 2.14 bits per heavy atom. The molecule has 2 rings (SSSR count). The molecule has 1 aromatic rings. The van der Waals surface area contributed by atoms with Crippen molar-refractivity contribution in [3.8, 4) is 5.75 Å². The third-order valence-electron chi connectivity index (χ3n) is 2.12. The monoisotopic (exact) mass is 190 g/mol. The van der Waals surface area contributed by atoms with Crippen LogP contribution in [-0.2, 0) is 9.53 Å². The second-order valence-electron chi connectivity index (χ2n) is 2.92. The zero-order valence-electron chi connectivity index (χ0n) is 7.82. The molecule has 0 bridgehead atoms. The van der Waals surface area contributed by atoms with Crippen molar-refractivity contribution in [1.29, 1.82) is 0 Å². The Labute approximate surface area is 81.9 Å². The van der Waals surface area contributed by atoms with Crippen LogP contribution in [0.1, 0.15) is 5.56 Å². The standard InChI is InChI=1S/C11H10O3/c1-13-10-5-3-2-4-8(10)9-6-7-14-11(9)12/h2-6H,7H2,1H3. The Bertz CT molecular complexity index is 393. The summed E-state index contributed by atoms with van der Waals surface area (Å²) in [5.74, 6) is 0.409. The molecule has 1 heterocycles. The molecule has 0 saturated carbocycles. The van der Waals surface area contributed by atoms with Gasteiger partial charge in [-0.25, -0.2) is 4.79 Å². The lowest BCUT2D eigenvalue weighted by Gasteiger charge is -2.06. The molecule has 0 unspecified atom stereocenters. The van der Waals surface area contributed by atoms with Gasteiger partial charge in [0.15, 0.2) is 0 Å². The minimum Gasteiger partial charge on any atom is -0.496 e. The summed E-state index contributed by atoms with van der Waals surface area (Å²) in [6.07, 6.45) is 1.76. The van der Waals surface area contributed by atoms with Crippen molar-refractivity contribution >= 4 is 11.5 Å². The van der Waals surface area contributed by atoms with E-state index in [4.69, 9.17) is 9.47 Å². The molecule has 0 radical (unpaired) electrons. The molecule has 0 saturated heterocycles. The van der Waals surface area contributed by atoms with Gasteiger partial charge in [-0.05, 0) is 12.1 Å². The molecule has 0 N–H and O–H groups in total. The second-order valence-corrected chi connectivity index (χ2v) is 2.92. The van der Waals surface area contributed by atoms with E-state index in [1.54, 1.807) is 13.2 Å². The summed E-state index contributed by atoms with van der Waals surface area (Å²) >= 11 is 0. The molecule has 0 atom stereocenters. The fraction of sp³-hybridized carbons (Fsp3) is 0.182. The smallest absolute Gasteiger partial charge is 0.338 e. The number of hydrogen-bond acceptors (Lipinski definition) is 3. The van der Waals surface area contributed by atoms with E-state index in [0.29, 0.717) is 17.9 Å². The molecule has 0 aromatic heterocycles. The first-order chi connectivity index (χ1) is 6.83. The number of esters is 1. The van der Waals surface area contributed by atoms with Gasteiger partial charge in [0.1, 0.15) is 12.4 Å². The van der Waals surface area contributed by atoms with Gasteiger partial charge < -0.3 is 9.47 Å². The van der Waals surface area contributed by atoms with Crippen molar-refractivity contribution in [3.05, 3.63) is 35.9 Å². The van der Waals surface area contributed by atoms with Crippen LogP contribution < -0.4 is 4.74 Å². The van der Waals surface area contributed by atoms with Crippen LogP contribution in [0, 0.1) is 0 Å². The Kier molecular flexibility index (Phi) is 2.23. The lowest BCUT2D eigenvalue weighted by atomic mass is 10.1. The summed E-state index contributed by atoms with van der Waals surface area (Å²) in [4.78, 5) is 11.3. The summed E-state index contributed by atoms with van der Waals surface area (Å²) in [7, 11) is 1.58. The maximum Gasteiger partial charge on any atom is 0.338 e. The third-order valence-corrected chi connectivity index (χ3v) is 2.12. The van der Waals surface area contributed by atoms with Gasteiger partial charge in [-0.15, -0.1) is 0 Å². The van der Waals surface area contributed by atoms with Gasteiger partial charge >= 0.3 is 5.97 Å². The number of carbonyl (C=O) groups excluding carboxylic acids is 1. The van der Waals surface area contributed by atoms with Crippen LogP contribution in [0.25, 0.3) is 5.57 Å². The van der Waals surface area contributed by atoms with Gasteiger partial charge in [-0.2, -0.15) is 0 Å². The van der Waals surface area contributed by atoms with Crippen molar-refractivity contribution < 1.29 is 14.3 Å².